The molecule has 1 N–H and O–H groups in total. The van der Waals surface area contributed by atoms with Gasteiger partial charge in [-0.25, -0.2) is 4.79 Å². The average molecular weight is 468 g/mol. The van der Waals surface area contributed by atoms with E-state index in [1.54, 1.807) is 12.1 Å². The number of benzene rings is 1. The minimum Gasteiger partial charge on any atom is -0.535 e. The lowest BCUT2D eigenvalue weighted by atomic mass is 9.64. The number of Topliss-reactive ketones (excluding diaryl/α,β-unsaturated/α-hetero) is 1. The molecule has 1 saturated heterocycles. The molecule has 2 heterocycles. The van der Waals surface area contributed by atoms with Crippen molar-refractivity contribution in [2.24, 2.45) is 5.92 Å². The van der Waals surface area contributed by atoms with Gasteiger partial charge in [-0.3, -0.25) is 9.59 Å². The van der Waals surface area contributed by atoms with Gasteiger partial charge >= 0.3 is 25.0 Å². The highest BCUT2D eigenvalue weighted by Crippen LogP contribution is 2.38. The van der Waals surface area contributed by atoms with Gasteiger partial charge in [0.15, 0.2) is 0 Å². The van der Waals surface area contributed by atoms with Crippen LogP contribution in [0.15, 0.2) is 18.2 Å². The summed E-state index contributed by atoms with van der Waals surface area (Å²) in [5, 5.41) is 10.3. The summed E-state index contributed by atoms with van der Waals surface area (Å²) in [6.07, 6.45) is 0.652. The van der Waals surface area contributed by atoms with Crippen molar-refractivity contribution in [2.75, 3.05) is 20.0 Å². The zero-order valence-electron chi connectivity index (χ0n) is 18.4. The summed E-state index contributed by atoms with van der Waals surface area (Å²) in [6, 6.07) is 4.57. The van der Waals surface area contributed by atoms with Crippen molar-refractivity contribution in [1.82, 2.24) is 0 Å². The minimum absolute atomic E-state index is 0.00399. The maximum absolute atomic E-state index is 13.6. The fourth-order valence-corrected chi connectivity index (χ4v) is 3.87. The zero-order valence-corrected chi connectivity index (χ0v) is 18.4. The first-order chi connectivity index (χ1) is 15.7. The van der Waals surface area contributed by atoms with E-state index < -0.39 is 56.2 Å². The summed E-state index contributed by atoms with van der Waals surface area (Å²) in [7, 11) is -1.54. The molecule has 8 nitrogen and oxygen atoms in total. The van der Waals surface area contributed by atoms with Crippen molar-refractivity contribution in [3.63, 3.8) is 0 Å². The number of alkyl halides is 2. The van der Waals surface area contributed by atoms with E-state index >= 15 is 0 Å². The lowest BCUT2D eigenvalue weighted by Gasteiger charge is -2.29. The third kappa shape index (κ3) is 6.51. The third-order valence-corrected chi connectivity index (χ3v) is 5.95. The Bertz CT molecular complexity index is 872. The van der Waals surface area contributed by atoms with Gasteiger partial charge in [-0.15, -0.1) is 0 Å². The molecule has 1 aromatic rings. The van der Waals surface area contributed by atoms with Crippen LogP contribution in [-0.4, -0.2) is 55.8 Å². The van der Waals surface area contributed by atoms with Gasteiger partial charge in [0.05, 0.1) is 0 Å². The first-order valence-electron chi connectivity index (χ1n) is 11.0. The largest absolute Gasteiger partial charge is 0.535 e. The quantitative estimate of drug-likeness (QED) is 0.335. The lowest BCUT2D eigenvalue weighted by Crippen LogP contribution is -2.38. The van der Waals surface area contributed by atoms with Gasteiger partial charge in [0.25, 0.3) is 0 Å². The van der Waals surface area contributed by atoms with Crippen molar-refractivity contribution >= 4 is 24.8 Å². The van der Waals surface area contributed by atoms with Crippen molar-refractivity contribution in [2.45, 2.75) is 57.2 Å². The number of hydrogen-bond acceptors (Lipinski definition) is 8. The van der Waals surface area contributed by atoms with E-state index in [-0.39, 0.29) is 30.1 Å². The monoisotopic (exact) mass is 468 g/mol. The number of ketones is 1. The summed E-state index contributed by atoms with van der Waals surface area (Å²) >= 11 is 0. The Balaban J connectivity index is 1.56. The topological polar surface area (TPSA) is 108 Å². The van der Waals surface area contributed by atoms with Crippen LogP contribution >= 0.6 is 0 Å². The Labute approximate surface area is 190 Å². The number of carbonyl (C=O) groups excluding carboxylic acids is 3. The Morgan fingerprint density at radius 1 is 1.18 bits per heavy atom. The molecule has 0 bridgehead atoms. The molecule has 0 saturated carbocycles. The van der Waals surface area contributed by atoms with E-state index in [1.807, 2.05) is 0 Å². The fraction of sp³-hybridized carbons (Fsp3) is 0.591. The van der Waals surface area contributed by atoms with E-state index in [4.69, 9.17) is 18.9 Å². The van der Waals surface area contributed by atoms with Crippen LogP contribution < -0.4 is 4.65 Å². The summed E-state index contributed by atoms with van der Waals surface area (Å²) in [6.45, 7) is 1.85. The smallest absolute Gasteiger partial charge is 0.526 e. The minimum atomic E-state index is -3.46. The molecule has 1 aromatic carbocycles. The number of esters is 2. The molecule has 0 amide bonds. The maximum atomic E-state index is 13.6. The normalized spacial score (nSPS) is 18.8. The van der Waals surface area contributed by atoms with Gasteiger partial charge in [-0.2, -0.15) is 8.78 Å². The van der Waals surface area contributed by atoms with Crippen LogP contribution in [0.25, 0.3) is 0 Å². The number of para-hydroxylation sites is 1. The Morgan fingerprint density at radius 3 is 2.61 bits per heavy atom. The molecular formula is C22H27BF2O8. The first kappa shape index (κ1) is 25.1. The predicted molar refractivity (Wildman–Crippen MR) is 112 cm³/mol. The SMILES string of the molecule is CCC(F)(F)C(=O)C[C@H]1Cc2cccc(C(=O)OCOC(=O)CC3CCOCC3)c2OB1O. The highest BCUT2D eigenvalue weighted by Gasteiger charge is 2.43. The molecule has 33 heavy (non-hydrogen) atoms. The fourth-order valence-electron chi connectivity index (χ4n) is 3.87. The average Bonchev–Trinajstić information content (AvgIpc) is 2.79. The summed E-state index contributed by atoms with van der Waals surface area (Å²) < 4.78 is 47.9. The molecule has 0 aliphatic carbocycles. The predicted octanol–water partition coefficient (Wildman–Crippen LogP) is 2.95. The van der Waals surface area contributed by atoms with Gasteiger partial charge < -0.3 is 23.9 Å². The second-order valence-electron chi connectivity index (χ2n) is 8.28. The summed E-state index contributed by atoms with van der Waals surface area (Å²) in [5.74, 6) is -6.69. The Hall–Kier alpha value is -2.53. The molecular weight excluding hydrogens is 441 g/mol. The molecule has 2 aliphatic rings. The first-order valence-corrected chi connectivity index (χ1v) is 11.0. The number of fused-ring (bicyclic) bond motifs is 1. The molecule has 1 atom stereocenters. The van der Waals surface area contributed by atoms with Gasteiger partial charge in [0.2, 0.25) is 12.6 Å². The van der Waals surface area contributed by atoms with Crippen LogP contribution in [0.4, 0.5) is 8.78 Å². The molecule has 3 rings (SSSR count). The van der Waals surface area contributed by atoms with Crippen LogP contribution in [0.2, 0.25) is 5.82 Å². The molecule has 180 valence electrons. The number of halogens is 2. The molecule has 0 spiro atoms. The van der Waals surface area contributed by atoms with Crippen LogP contribution in [0.1, 0.15) is 54.9 Å². The number of ether oxygens (including phenoxy) is 3. The zero-order chi connectivity index (χ0) is 24.0. The van der Waals surface area contributed by atoms with Crippen molar-refractivity contribution in [3.05, 3.63) is 29.3 Å². The number of carbonyl (C=O) groups is 3. The van der Waals surface area contributed by atoms with Crippen molar-refractivity contribution in [3.8, 4) is 5.75 Å². The summed E-state index contributed by atoms with van der Waals surface area (Å²) in [4.78, 5) is 36.3. The Kier molecular flexibility index (Phi) is 8.42. The van der Waals surface area contributed by atoms with E-state index in [2.05, 4.69) is 0 Å². The van der Waals surface area contributed by atoms with Gasteiger partial charge in [-0.05, 0) is 36.8 Å². The second-order valence-corrected chi connectivity index (χ2v) is 8.28. The van der Waals surface area contributed by atoms with E-state index in [0.717, 1.165) is 12.8 Å². The molecule has 11 heteroatoms. The van der Waals surface area contributed by atoms with E-state index in [1.165, 1.54) is 13.0 Å². The second kappa shape index (κ2) is 11.1. The van der Waals surface area contributed by atoms with E-state index in [0.29, 0.717) is 18.8 Å². The lowest BCUT2D eigenvalue weighted by molar-refractivity contribution is -0.154. The van der Waals surface area contributed by atoms with Crippen LogP contribution in [-0.2, 0) is 30.2 Å². The molecule has 1 fully saturated rings. The highest BCUT2D eigenvalue weighted by atomic mass is 19.3. The van der Waals surface area contributed by atoms with Crippen molar-refractivity contribution < 1.29 is 47.1 Å². The highest BCUT2D eigenvalue weighted by molar-refractivity contribution is 6.47. The third-order valence-electron chi connectivity index (χ3n) is 5.95. The molecule has 0 unspecified atom stereocenters. The van der Waals surface area contributed by atoms with Gasteiger partial charge in [0, 0.05) is 38.3 Å². The van der Waals surface area contributed by atoms with Crippen LogP contribution in [0.5, 0.6) is 5.75 Å². The molecule has 0 radical (unpaired) electrons. The van der Waals surface area contributed by atoms with Gasteiger partial charge in [-0.1, -0.05) is 19.1 Å². The van der Waals surface area contributed by atoms with Gasteiger partial charge in [0.1, 0.15) is 11.3 Å². The van der Waals surface area contributed by atoms with Crippen LogP contribution in [0, 0.1) is 5.92 Å². The number of hydrogen-bond donors (Lipinski definition) is 1. The van der Waals surface area contributed by atoms with Crippen LogP contribution in [0.3, 0.4) is 0 Å². The standard InChI is InChI=1S/C22H27BF2O8/c1-2-22(24,25)18(26)12-16-11-15-4-3-5-17(20(15)33-23(16)29)21(28)32-13-31-19(27)10-14-6-8-30-9-7-14/h3-5,14,16,29H,2,6-13H2,1H3/t16-/m1/s1. The molecule has 0 aromatic heterocycles. The van der Waals surface area contributed by atoms with Crippen molar-refractivity contribution in [1.29, 1.82) is 0 Å². The number of rotatable bonds is 9. The molecule has 2 aliphatic heterocycles. The van der Waals surface area contributed by atoms with E-state index in [9.17, 15) is 28.2 Å². The summed E-state index contributed by atoms with van der Waals surface area (Å²) in [5.41, 5.74) is 0.472. The Morgan fingerprint density at radius 2 is 1.91 bits per heavy atom. The maximum Gasteiger partial charge on any atom is 0.526 e.